The predicted octanol–water partition coefficient (Wildman–Crippen LogP) is 5.42. The molecule has 2 heterocycles. The van der Waals surface area contributed by atoms with E-state index in [1.54, 1.807) is 25.1 Å². The van der Waals surface area contributed by atoms with Gasteiger partial charge in [-0.1, -0.05) is 42.4 Å². The van der Waals surface area contributed by atoms with Gasteiger partial charge < -0.3 is 9.15 Å². The highest BCUT2D eigenvalue weighted by atomic mass is 35.5. The lowest BCUT2D eigenvalue weighted by atomic mass is 10.2. The Morgan fingerprint density at radius 3 is 2.76 bits per heavy atom. The lowest BCUT2D eigenvalue weighted by Gasteiger charge is -2.09. The summed E-state index contributed by atoms with van der Waals surface area (Å²) >= 11 is 7.21. The second-order valence-electron chi connectivity index (χ2n) is 5.77. The normalized spacial score (nSPS) is 12.1. The molecule has 154 valence electrons. The van der Waals surface area contributed by atoms with Crippen molar-refractivity contribution in [3.05, 3.63) is 58.3 Å². The third-order valence-electron chi connectivity index (χ3n) is 3.64. The van der Waals surface area contributed by atoms with Gasteiger partial charge in [-0.25, -0.2) is 0 Å². The maximum absolute atomic E-state index is 13.1. The molecule has 3 rings (SSSR count). The van der Waals surface area contributed by atoms with Crippen LogP contribution in [0.3, 0.4) is 0 Å². The third kappa shape index (κ3) is 5.13. The van der Waals surface area contributed by atoms with Gasteiger partial charge in [0.05, 0.1) is 11.2 Å². The van der Waals surface area contributed by atoms with Crippen LogP contribution in [0.15, 0.2) is 45.0 Å². The minimum atomic E-state index is -4.67. The number of aryl methyl sites for hydroxylation is 1. The van der Waals surface area contributed by atoms with Crippen molar-refractivity contribution in [2.24, 2.45) is 5.10 Å². The van der Waals surface area contributed by atoms with Gasteiger partial charge in [-0.15, -0.1) is 10.2 Å². The molecule has 11 heteroatoms. The predicted molar refractivity (Wildman–Crippen MR) is 104 cm³/mol. The number of alkyl halides is 3. The SMILES string of the molecule is CCSc1nnc(C(F)(F)F)n1/N=C/c1ccc(COc2c(C)cccc2Cl)o1. The van der Waals surface area contributed by atoms with E-state index in [1.807, 2.05) is 19.1 Å². The maximum Gasteiger partial charge on any atom is 0.453 e. The molecule has 0 amide bonds. The monoisotopic (exact) mass is 444 g/mol. The topological polar surface area (TPSA) is 65.4 Å². The first-order valence-corrected chi connectivity index (χ1v) is 9.82. The Kier molecular flexibility index (Phi) is 6.53. The van der Waals surface area contributed by atoms with Gasteiger partial charge in [0.2, 0.25) is 5.16 Å². The summed E-state index contributed by atoms with van der Waals surface area (Å²) in [5, 5.41) is 11.1. The number of para-hydroxylation sites is 1. The van der Waals surface area contributed by atoms with Crippen LogP contribution in [0.25, 0.3) is 0 Å². The highest BCUT2D eigenvalue weighted by Crippen LogP contribution is 2.31. The number of hydrogen-bond donors (Lipinski definition) is 0. The van der Waals surface area contributed by atoms with Crippen molar-refractivity contribution >= 4 is 29.6 Å². The molecular weight excluding hydrogens is 429 g/mol. The number of ether oxygens (including phenoxy) is 1. The number of thioether (sulfide) groups is 1. The van der Waals surface area contributed by atoms with E-state index in [2.05, 4.69) is 15.3 Å². The second-order valence-corrected chi connectivity index (χ2v) is 7.41. The summed E-state index contributed by atoms with van der Waals surface area (Å²) in [5.41, 5.74) is 0.874. The number of benzene rings is 1. The molecule has 0 unspecified atom stereocenters. The summed E-state index contributed by atoms with van der Waals surface area (Å²) < 4.78 is 51.2. The number of halogens is 4. The molecule has 0 bridgehead atoms. The van der Waals surface area contributed by atoms with Crippen molar-refractivity contribution in [1.29, 1.82) is 0 Å². The van der Waals surface area contributed by atoms with Gasteiger partial charge in [0.15, 0.2) is 0 Å². The summed E-state index contributed by atoms with van der Waals surface area (Å²) in [7, 11) is 0. The number of nitrogens with zero attached hydrogens (tertiary/aromatic N) is 4. The van der Waals surface area contributed by atoms with E-state index in [0.717, 1.165) is 17.3 Å². The maximum atomic E-state index is 13.1. The molecule has 0 aliphatic rings. The summed E-state index contributed by atoms with van der Waals surface area (Å²) in [6.07, 6.45) is -3.51. The summed E-state index contributed by atoms with van der Waals surface area (Å²) in [6.45, 7) is 3.76. The molecule has 0 saturated carbocycles. The molecule has 0 atom stereocenters. The van der Waals surface area contributed by atoms with Crippen LogP contribution in [0.5, 0.6) is 5.75 Å². The molecule has 0 radical (unpaired) electrons. The Morgan fingerprint density at radius 2 is 2.07 bits per heavy atom. The first-order chi connectivity index (χ1) is 13.8. The zero-order valence-corrected chi connectivity index (χ0v) is 17.0. The number of aromatic nitrogens is 3. The smallest absolute Gasteiger partial charge is 0.453 e. The van der Waals surface area contributed by atoms with E-state index in [1.165, 1.54) is 6.21 Å². The number of hydrogen-bond acceptors (Lipinski definition) is 6. The van der Waals surface area contributed by atoms with E-state index >= 15 is 0 Å². The molecule has 3 aromatic rings. The molecule has 0 aliphatic carbocycles. The summed E-state index contributed by atoms with van der Waals surface area (Å²) in [6, 6.07) is 8.62. The third-order valence-corrected chi connectivity index (χ3v) is 4.74. The number of furan rings is 1. The Balaban J connectivity index is 1.75. The van der Waals surface area contributed by atoms with Crippen LogP contribution >= 0.6 is 23.4 Å². The molecule has 0 saturated heterocycles. The molecule has 0 aliphatic heterocycles. The Hall–Kier alpha value is -2.46. The van der Waals surface area contributed by atoms with Gasteiger partial charge in [-0.3, -0.25) is 0 Å². The molecule has 2 aromatic heterocycles. The summed E-state index contributed by atoms with van der Waals surface area (Å²) in [5.74, 6) is 0.590. The largest absolute Gasteiger partial charge is 0.484 e. The fourth-order valence-electron chi connectivity index (χ4n) is 2.36. The fraction of sp³-hybridized carbons (Fsp3) is 0.278. The second kappa shape index (κ2) is 8.91. The van der Waals surface area contributed by atoms with Crippen molar-refractivity contribution in [3.8, 4) is 5.75 Å². The fourth-order valence-corrected chi connectivity index (χ4v) is 3.25. The minimum absolute atomic E-state index is 0.0420. The van der Waals surface area contributed by atoms with Gasteiger partial charge in [0.25, 0.3) is 5.82 Å². The van der Waals surface area contributed by atoms with E-state index in [-0.39, 0.29) is 17.5 Å². The van der Waals surface area contributed by atoms with Gasteiger partial charge >= 0.3 is 6.18 Å². The van der Waals surface area contributed by atoms with Crippen LogP contribution < -0.4 is 4.74 Å². The summed E-state index contributed by atoms with van der Waals surface area (Å²) in [4.78, 5) is 0. The standard InChI is InChI=1S/C18H16ClF3N4O2S/c1-3-29-17-25-24-16(18(20,21)22)26(17)23-9-12-7-8-13(28-12)10-27-15-11(2)5-4-6-14(15)19/h4-9H,3,10H2,1-2H3/b23-9+. The van der Waals surface area contributed by atoms with Crippen molar-refractivity contribution in [2.75, 3.05) is 5.75 Å². The molecule has 0 N–H and O–H groups in total. The van der Waals surface area contributed by atoms with Crippen LogP contribution in [0.1, 0.15) is 29.8 Å². The molecule has 1 aromatic carbocycles. The van der Waals surface area contributed by atoms with Crippen molar-refractivity contribution in [2.45, 2.75) is 31.8 Å². The first kappa shape index (κ1) is 21.3. The molecule has 29 heavy (non-hydrogen) atoms. The van der Waals surface area contributed by atoms with E-state index in [4.69, 9.17) is 20.8 Å². The van der Waals surface area contributed by atoms with Crippen molar-refractivity contribution < 1.29 is 22.3 Å². The quantitative estimate of drug-likeness (QED) is 0.359. The molecular formula is C18H16ClF3N4O2S. The van der Waals surface area contributed by atoms with E-state index in [0.29, 0.717) is 27.0 Å². The zero-order chi connectivity index (χ0) is 21.0. The van der Waals surface area contributed by atoms with Crippen LogP contribution in [0, 0.1) is 6.92 Å². The first-order valence-electron chi connectivity index (χ1n) is 8.46. The van der Waals surface area contributed by atoms with E-state index in [9.17, 15) is 13.2 Å². The van der Waals surface area contributed by atoms with Crippen LogP contribution in [0.4, 0.5) is 13.2 Å². The minimum Gasteiger partial charge on any atom is -0.484 e. The van der Waals surface area contributed by atoms with Gasteiger partial charge in [-0.2, -0.15) is 22.9 Å². The Labute approximate surface area is 173 Å². The van der Waals surface area contributed by atoms with Gasteiger partial charge in [-0.05, 0) is 36.4 Å². The van der Waals surface area contributed by atoms with Gasteiger partial charge in [0.1, 0.15) is 23.9 Å². The van der Waals surface area contributed by atoms with Crippen molar-refractivity contribution in [3.63, 3.8) is 0 Å². The average molecular weight is 445 g/mol. The average Bonchev–Trinajstić information content (AvgIpc) is 3.26. The molecule has 6 nitrogen and oxygen atoms in total. The van der Waals surface area contributed by atoms with Crippen molar-refractivity contribution in [1.82, 2.24) is 14.9 Å². The lowest BCUT2D eigenvalue weighted by molar-refractivity contribution is -0.147. The lowest BCUT2D eigenvalue weighted by Crippen LogP contribution is -2.13. The molecule has 0 spiro atoms. The van der Waals surface area contributed by atoms with Crippen LogP contribution in [0.2, 0.25) is 5.02 Å². The molecule has 0 fully saturated rings. The highest BCUT2D eigenvalue weighted by molar-refractivity contribution is 7.99. The Morgan fingerprint density at radius 1 is 1.28 bits per heavy atom. The van der Waals surface area contributed by atoms with Crippen LogP contribution in [-0.4, -0.2) is 26.8 Å². The number of rotatable bonds is 7. The van der Waals surface area contributed by atoms with E-state index < -0.39 is 12.0 Å². The zero-order valence-electron chi connectivity index (χ0n) is 15.4. The Bertz CT molecular complexity index is 997. The van der Waals surface area contributed by atoms with Crippen LogP contribution in [-0.2, 0) is 12.8 Å². The van der Waals surface area contributed by atoms with Gasteiger partial charge in [0, 0.05) is 0 Å². The highest BCUT2D eigenvalue weighted by Gasteiger charge is 2.38.